The average Bonchev–Trinajstić information content (AvgIpc) is 2.46. The van der Waals surface area contributed by atoms with Gasteiger partial charge in [-0.05, 0) is 6.92 Å². The van der Waals surface area contributed by atoms with E-state index in [2.05, 4.69) is 14.7 Å². The van der Waals surface area contributed by atoms with Gasteiger partial charge in [-0.15, -0.1) is 0 Å². The van der Waals surface area contributed by atoms with E-state index in [1.165, 1.54) is 7.11 Å². The summed E-state index contributed by atoms with van der Waals surface area (Å²) in [5.41, 5.74) is 1.14. The first kappa shape index (κ1) is 9.77. The van der Waals surface area contributed by atoms with Crippen LogP contribution in [0.1, 0.15) is 41.8 Å². The van der Waals surface area contributed by atoms with E-state index < -0.39 is 0 Å². The second-order valence-corrected chi connectivity index (χ2v) is 3.24. The zero-order valence-electron chi connectivity index (χ0n) is 8.34. The molecule has 0 aromatic carbocycles. The van der Waals surface area contributed by atoms with E-state index in [0.29, 0.717) is 5.69 Å². The molecular formula is C9H14N2O2. The third-order valence-corrected chi connectivity index (χ3v) is 1.83. The highest BCUT2D eigenvalue weighted by Gasteiger charge is 2.15. The molecule has 0 bridgehead atoms. The molecule has 1 N–H and O–H groups in total. The van der Waals surface area contributed by atoms with Crippen molar-refractivity contribution in [2.24, 2.45) is 0 Å². The molecule has 1 heterocycles. The molecule has 1 rings (SSSR count). The van der Waals surface area contributed by atoms with Crippen LogP contribution in [0, 0.1) is 6.92 Å². The van der Waals surface area contributed by atoms with Crippen LogP contribution in [-0.4, -0.2) is 23.0 Å². The molecule has 0 radical (unpaired) electrons. The molecule has 0 unspecified atom stereocenters. The quantitative estimate of drug-likeness (QED) is 0.707. The van der Waals surface area contributed by atoms with Gasteiger partial charge in [0.05, 0.1) is 7.11 Å². The summed E-state index contributed by atoms with van der Waals surface area (Å²) in [7, 11) is 1.35. The minimum atomic E-state index is -0.388. The van der Waals surface area contributed by atoms with Gasteiger partial charge in [0.2, 0.25) is 0 Å². The van der Waals surface area contributed by atoms with Crippen molar-refractivity contribution in [1.82, 2.24) is 9.97 Å². The number of nitrogens with zero attached hydrogens (tertiary/aromatic N) is 1. The molecule has 0 amide bonds. The molecule has 0 atom stereocenters. The molecule has 0 fully saturated rings. The number of carbonyl (C=O) groups excluding carboxylic acids is 1. The summed E-state index contributed by atoms with van der Waals surface area (Å²) in [5.74, 6) is 0.718. The number of rotatable bonds is 2. The maximum Gasteiger partial charge on any atom is 0.358 e. The maximum atomic E-state index is 11.2. The van der Waals surface area contributed by atoms with Gasteiger partial charge in [0.1, 0.15) is 5.82 Å². The monoisotopic (exact) mass is 182 g/mol. The standard InChI is InChI=1S/C9H14N2O2/c1-5(2)8-10-6(3)7(11-8)9(12)13-4/h5H,1-4H3,(H,10,11). The molecule has 0 saturated carbocycles. The molecule has 0 aliphatic carbocycles. The van der Waals surface area contributed by atoms with Crippen molar-refractivity contribution < 1.29 is 9.53 Å². The lowest BCUT2D eigenvalue weighted by Gasteiger charge is -1.96. The third-order valence-electron chi connectivity index (χ3n) is 1.83. The number of ether oxygens (including phenoxy) is 1. The molecule has 0 saturated heterocycles. The first-order valence-electron chi connectivity index (χ1n) is 4.21. The van der Waals surface area contributed by atoms with Crippen molar-refractivity contribution >= 4 is 5.97 Å². The van der Waals surface area contributed by atoms with Gasteiger partial charge in [0.25, 0.3) is 0 Å². The smallest absolute Gasteiger partial charge is 0.358 e. The Morgan fingerprint density at radius 3 is 2.54 bits per heavy atom. The van der Waals surface area contributed by atoms with Crippen LogP contribution in [0.2, 0.25) is 0 Å². The van der Waals surface area contributed by atoms with Crippen LogP contribution < -0.4 is 0 Å². The Morgan fingerprint density at radius 1 is 1.54 bits per heavy atom. The summed E-state index contributed by atoms with van der Waals surface area (Å²) < 4.78 is 4.59. The van der Waals surface area contributed by atoms with Crippen LogP contribution in [0.15, 0.2) is 0 Å². The Morgan fingerprint density at radius 2 is 2.15 bits per heavy atom. The van der Waals surface area contributed by atoms with Gasteiger partial charge in [0.15, 0.2) is 5.69 Å². The summed E-state index contributed by atoms with van der Waals surface area (Å²) in [6.45, 7) is 5.84. The minimum absolute atomic E-state index is 0.289. The molecule has 0 aliphatic heterocycles. The second-order valence-electron chi connectivity index (χ2n) is 3.24. The number of esters is 1. The van der Waals surface area contributed by atoms with Gasteiger partial charge in [-0.1, -0.05) is 13.8 Å². The summed E-state index contributed by atoms with van der Waals surface area (Å²) in [4.78, 5) is 18.4. The largest absolute Gasteiger partial charge is 0.464 e. The number of hydrogen-bond acceptors (Lipinski definition) is 3. The lowest BCUT2D eigenvalue weighted by atomic mass is 10.2. The number of aryl methyl sites for hydroxylation is 1. The van der Waals surface area contributed by atoms with Crippen molar-refractivity contribution in [2.75, 3.05) is 7.11 Å². The third kappa shape index (κ3) is 1.88. The van der Waals surface area contributed by atoms with Gasteiger partial charge in [-0.3, -0.25) is 0 Å². The Labute approximate surface area is 77.3 Å². The number of aromatic amines is 1. The van der Waals surface area contributed by atoms with Gasteiger partial charge in [-0.25, -0.2) is 9.78 Å². The van der Waals surface area contributed by atoms with Crippen LogP contribution in [-0.2, 0) is 4.74 Å². The lowest BCUT2D eigenvalue weighted by Crippen LogP contribution is -2.03. The highest BCUT2D eigenvalue weighted by atomic mass is 16.5. The molecule has 0 spiro atoms. The van der Waals surface area contributed by atoms with E-state index in [0.717, 1.165) is 11.5 Å². The van der Waals surface area contributed by atoms with Crippen molar-refractivity contribution in [2.45, 2.75) is 26.7 Å². The molecule has 4 nitrogen and oxygen atoms in total. The zero-order chi connectivity index (χ0) is 10.0. The lowest BCUT2D eigenvalue weighted by molar-refractivity contribution is 0.0593. The van der Waals surface area contributed by atoms with E-state index >= 15 is 0 Å². The number of H-pyrrole nitrogens is 1. The molecule has 72 valence electrons. The number of imidazole rings is 1. The van der Waals surface area contributed by atoms with Crippen LogP contribution in [0.3, 0.4) is 0 Å². The Bertz CT molecular complexity index is 315. The predicted molar refractivity (Wildman–Crippen MR) is 48.8 cm³/mol. The van der Waals surface area contributed by atoms with Crippen LogP contribution in [0.25, 0.3) is 0 Å². The minimum Gasteiger partial charge on any atom is -0.464 e. The van der Waals surface area contributed by atoms with Crippen LogP contribution in [0.4, 0.5) is 0 Å². The van der Waals surface area contributed by atoms with Crippen molar-refractivity contribution in [3.63, 3.8) is 0 Å². The SMILES string of the molecule is COC(=O)c1nc(C(C)C)[nH]c1C. The molecule has 1 aromatic rings. The van der Waals surface area contributed by atoms with Crippen molar-refractivity contribution in [3.8, 4) is 0 Å². The average molecular weight is 182 g/mol. The van der Waals surface area contributed by atoms with Crippen molar-refractivity contribution in [1.29, 1.82) is 0 Å². The zero-order valence-corrected chi connectivity index (χ0v) is 8.34. The molecule has 1 aromatic heterocycles. The summed E-state index contributed by atoms with van der Waals surface area (Å²) >= 11 is 0. The molecular weight excluding hydrogens is 168 g/mol. The summed E-state index contributed by atoms with van der Waals surface area (Å²) in [6.07, 6.45) is 0. The first-order chi connectivity index (χ1) is 6.06. The van der Waals surface area contributed by atoms with E-state index in [1.54, 1.807) is 0 Å². The van der Waals surface area contributed by atoms with Gasteiger partial charge in [-0.2, -0.15) is 0 Å². The molecule has 0 aliphatic rings. The molecule has 13 heavy (non-hydrogen) atoms. The first-order valence-corrected chi connectivity index (χ1v) is 4.21. The number of hydrogen-bond donors (Lipinski definition) is 1. The molecule has 4 heteroatoms. The second kappa shape index (κ2) is 3.60. The number of carbonyl (C=O) groups is 1. The fourth-order valence-corrected chi connectivity index (χ4v) is 1.05. The topological polar surface area (TPSA) is 55.0 Å². The predicted octanol–water partition coefficient (Wildman–Crippen LogP) is 1.63. The number of methoxy groups -OCH3 is 1. The Kier molecular flexibility index (Phi) is 2.70. The van der Waals surface area contributed by atoms with E-state index in [-0.39, 0.29) is 11.9 Å². The summed E-state index contributed by atoms with van der Waals surface area (Å²) in [5, 5.41) is 0. The number of aromatic nitrogens is 2. The fraction of sp³-hybridized carbons (Fsp3) is 0.556. The van der Waals surface area contributed by atoms with E-state index in [1.807, 2.05) is 20.8 Å². The van der Waals surface area contributed by atoms with Crippen LogP contribution >= 0.6 is 0 Å². The van der Waals surface area contributed by atoms with Crippen LogP contribution in [0.5, 0.6) is 0 Å². The van der Waals surface area contributed by atoms with Crippen molar-refractivity contribution in [3.05, 3.63) is 17.2 Å². The normalized spacial score (nSPS) is 10.5. The Balaban J connectivity index is 3.03. The Hall–Kier alpha value is -1.32. The maximum absolute atomic E-state index is 11.2. The highest BCUT2D eigenvalue weighted by molar-refractivity contribution is 5.88. The van der Waals surface area contributed by atoms with E-state index in [4.69, 9.17) is 0 Å². The highest BCUT2D eigenvalue weighted by Crippen LogP contribution is 2.13. The fourth-order valence-electron chi connectivity index (χ4n) is 1.05. The van der Waals surface area contributed by atoms with E-state index in [9.17, 15) is 4.79 Å². The number of nitrogens with one attached hydrogen (secondary N) is 1. The van der Waals surface area contributed by atoms with Gasteiger partial charge >= 0.3 is 5.97 Å². The summed E-state index contributed by atoms with van der Waals surface area (Å²) in [6, 6.07) is 0. The van der Waals surface area contributed by atoms with Gasteiger partial charge < -0.3 is 9.72 Å². The van der Waals surface area contributed by atoms with Gasteiger partial charge in [0, 0.05) is 11.6 Å².